The number of likely N-dealkylation sites (N-methyl/N-ethyl adjacent to an activating group) is 1. The van der Waals surface area contributed by atoms with Crippen molar-refractivity contribution in [2.45, 2.75) is 13.3 Å². The predicted molar refractivity (Wildman–Crippen MR) is 102 cm³/mol. The zero-order chi connectivity index (χ0) is 18.7. The van der Waals surface area contributed by atoms with Crippen molar-refractivity contribution in [2.24, 2.45) is 7.05 Å². The van der Waals surface area contributed by atoms with Crippen LogP contribution in [0.2, 0.25) is 0 Å². The molecule has 0 aliphatic carbocycles. The van der Waals surface area contributed by atoms with Crippen molar-refractivity contribution in [1.82, 2.24) is 14.5 Å². The summed E-state index contributed by atoms with van der Waals surface area (Å²) in [5, 5.41) is 3.78. The number of para-hydroxylation sites is 1. The van der Waals surface area contributed by atoms with Crippen LogP contribution in [0, 0.1) is 6.92 Å². The zero-order valence-corrected chi connectivity index (χ0v) is 15.2. The molecule has 2 amide bonds. The first-order valence-corrected chi connectivity index (χ1v) is 8.43. The van der Waals surface area contributed by atoms with Gasteiger partial charge in [-0.25, -0.2) is 4.98 Å². The smallest absolute Gasteiger partial charge is 0.245 e. The highest BCUT2D eigenvalue weighted by Crippen LogP contribution is 2.21. The molecule has 0 radical (unpaired) electrons. The number of nitrogens with zero attached hydrogens (tertiary/aromatic N) is 3. The molecule has 0 saturated heterocycles. The number of fused-ring (bicyclic) bond motifs is 1. The molecule has 3 aromatic rings. The van der Waals surface area contributed by atoms with Crippen molar-refractivity contribution < 1.29 is 9.59 Å². The number of hydrogen-bond donors (Lipinski definition) is 1. The Morgan fingerprint density at radius 1 is 1.23 bits per heavy atom. The van der Waals surface area contributed by atoms with Gasteiger partial charge in [-0.3, -0.25) is 9.59 Å². The first-order chi connectivity index (χ1) is 12.4. The molecule has 6 nitrogen and oxygen atoms in total. The van der Waals surface area contributed by atoms with Crippen LogP contribution < -0.4 is 5.32 Å². The van der Waals surface area contributed by atoms with Gasteiger partial charge in [0.15, 0.2) is 0 Å². The molecule has 0 atom stereocenters. The van der Waals surface area contributed by atoms with E-state index in [9.17, 15) is 9.59 Å². The molecular formula is C20H22N4O2. The summed E-state index contributed by atoms with van der Waals surface area (Å²) in [5.74, 6) is 0.121. The van der Waals surface area contributed by atoms with Gasteiger partial charge in [-0.2, -0.15) is 0 Å². The maximum atomic E-state index is 12.5. The molecule has 3 rings (SSSR count). The molecule has 2 heterocycles. The summed E-state index contributed by atoms with van der Waals surface area (Å²) in [6.45, 7) is 1.91. The van der Waals surface area contributed by atoms with E-state index in [-0.39, 0.29) is 24.8 Å². The van der Waals surface area contributed by atoms with Gasteiger partial charge in [0, 0.05) is 37.4 Å². The molecule has 0 unspecified atom stereocenters. The Morgan fingerprint density at radius 2 is 2.00 bits per heavy atom. The van der Waals surface area contributed by atoms with Crippen LogP contribution in [0.3, 0.4) is 0 Å². The van der Waals surface area contributed by atoms with Gasteiger partial charge in [-0.15, -0.1) is 0 Å². The third-order valence-electron chi connectivity index (χ3n) is 4.31. The summed E-state index contributed by atoms with van der Waals surface area (Å²) in [5.41, 5.74) is 3.05. The van der Waals surface area contributed by atoms with Crippen LogP contribution in [-0.4, -0.2) is 39.9 Å². The van der Waals surface area contributed by atoms with Crippen molar-refractivity contribution in [2.75, 3.05) is 18.9 Å². The van der Waals surface area contributed by atoms with Crippen LogP contribution >= 0.6 is 0 Å². The van der Waals surface area contributed by atoms with E-state index >= 15 is 0 Å². The lowest BCUT2D eigenvalue weighted by molar-refractivity contribution is -0.132. The zero-order valence-electron chi connectivity index (χ0n) is 15.2. The van der Waals surface area contributed by atoms with Crippen LogP contribution in [0.25, 0.3) is 10.9 Å². The lowest BCUT2D eigenvalue weighted by Crippen LogP contribution is -2.35. The summed E-state index contributed by atoms with van der Waals surface area (Å²) >= 11 is 0. The molecule has 0 aliphatic rings. The molecule has 6 heteroatoms. The summed E-state index contributed by atoms with van der Waals surface area (Å²) in [6.07, 6.45) is 3.86. The van der Waals surface area contributed by atoms with Crippen LogP contribution in [0.1, 0.15) is 11.1 Å². The second-order valence-electron chi connectivity index (χ2n) is 6.48. The maximum Gasteiger partial charge on any atom is 0.245 e. The average Bonchev–Trinajstić information content (AvgIpc) is 2.91. The highest BCUT2D eigenvalue weighted by molar-refractivity contribution is 5.95. The minimum Gasteiger partial charge on any atom is -0.350 e. The Labute approximate surface area is 152 Å². The number of nitrogens with one attached hydrogen (secondary N) is 1. The Balaban J connectivity index is 1.63. The van der Waals surface area contributed by atoms with Crippen molar-refractivity contribution in [3.63, 3.8) is 0 Å². The van der Waals surface area contributed by atoms with E-state index in [1.165, 1.54) is 4.90 Å². The van der Waals surface area contributed by atoms with Gasteiger partial charge >= 0.3 is 0 Å². The molecule has 0 saturated carbocycles. The molecule has 134 valence electrons. The van der Waals surface area contributed by atoms with E-state index in [0.29, 0.717) is 5.82 Å². The number of rotatable bonds is 5. The van der Waals surface area contributed by atoms with Crippen molar-refractivity contribution >= 4 is 28.5 Å². The fourth-order valence-electron chi connectivity index (χ4n) is 2.95. The lowest BCUT2D eigenvalue weighted by Gasteiger charge is -2.16. The first-order valence-electron chi connectivity index (χ1n) is 8.43. The highest BCUT2D eigenvalue weighted by Gasteiger charge is 2.16. The number of carbonyl (C=O) groups excluding carboxylic acids is 2. The molecule has 0 bridgehead atoms. The Kier molecular flexibility index (Phi) is 5.02. The number of pyridine rings is 1. The molecule has 1 N–H and O–H groups in total. The summed E-state index contributed by atoms with van der Waals surface area (Å²) < 4.78 is 2.01. The van der Waals surface area contributed by atoms with Gasteiger partial charge in [0.05, 0.1) is 13.0 Å². The van der Waals surface area contributed by atoms with Gasteiger partial charge in [0.2, 0.25) is 11.8 Å². The molecule has 0 aliphatic heterocycles. The molecular weight excluding hydrogens is 328 g/mol. The van der Waals surface area contributed by atoms with Gasteiger partial charge < -0.3 is 14.8 Å². The van der Waals surface area contributed by atoms with E-state index in [2.05, 4.69) is 10.3 Å². The van der Waals surface area contributed by atoms with Crippen molar-refractivity contribution in [1.29, 1.82) is 0 Å². The van der Waals surface area contributed by atoms with Gasteiger partial charge in [-0.05, 0) is 36.2 Å². The molecule has 0 fully saturated rings. The molecule has 2 aromatic heterocycles. The Morgan fingerprint density at radius 3 is 2.77 bits per heavy atom. The first kappa shape index (κ1) is 17.7. The van der Waals surface area contributed by atoms with E-state index in [1.54, 1.807) is 19.3 Å². The Hall–Kier alpha value is -3.15. The number of benzene rings is 1. The SMILES string of the molecule is Cc1ccnc(NC(=O)CN(C)C(=O)Cc2cn(C)c3ccccc23)c1. The number of anilines is 1. The third kappa shape index (κ3) is 3.91. The third-order valence-corrected chi connectivity index (χ3v) is 4.31. The highest BCUT2D eigenvalue weighted by atomic mass is 16.2. The van der Waals surface area contributed by atoms with Crippen molar-refractivity contribution in [3.8, 4) is 0 Å². The summed E-state index contributed by atoms with van der Waals surface area (Å²) in [6, 6.07) is 11.6. The van der Waals surface area contributed by atoms with Gasteiger partial charge in [0.1, 0.15) is 5.82 Å². The van der Waals surface area contributed by atoms with Gasteiger partial charge in [0.25, 0.3) is 0 Å². The number of hydrogen-bond acceptors (Lipinski definition) is 3. The lowest BCUT2D eigenvalue weighted by atomic mass is 10.1. The van der Waals surface area contributed by atoms with Crippen LogP contribution in [0.4, 0.5) is 5.82 Å². The fourth-order valence-corrected chi connectivity index (χ4v) is 2.95. The number of amides is 2. The van der Waals surface area contributed by atoms with E-state index in [0.717, 1.165) is 22.0 Å². The predicted octanol–water partition coefficient (Wildman–Crippen LogP) is 2.52. The largest absolute Gasteiger partial charge is 0.350 e. The number of carbonyl (C=O) groups is 2. The second kappa shape index (κ2) is 7.39. The quantitative estimate of drug-likeness (QED) is 0.769. The minimum absolute atomic E-state index is 0.0147. The normalized spacial score (nSPS) is 10.7. The van der Waals surface area contributed by atoms with Crippen LogP contribution in [0.15, 0.2) is 48.8 Å². The molecule has 1 aromatic carbocycles. The number of aryl methyl sites for hydroxylation is 2. The summed E-state index contributed by atoms with van der Waals surface area (Å²) in [7, 11) is 3.60. The van der Waals surface area contributed by atoms with E-state index < -0.39 is 0 Å². The van der Waals surface area contributed by atoms with E-state index in [4.69, 9.17) is 0 Å². The van der Waals surface area contributed by atoms with Crippen molar-refractivity contribution in [3.05, 3.63) is 59.9 Å². The van der Waals surface area contributed by atoms with Crippen LogP contribution in [0.5, 0.6) is 0 Å². The fraction of sp³-hybridized carbons (Fsp3) is 0.250. The monoisotopic (exact) mass is 350 g/mol. The second-order valence-corrected chi connectivity index (χ2v) is 6.48. The molecule has 26 heavy (non-hydrogen) atoms. The van der Waals surface area contributed by atoms with Crippen LogP contribution in [-0.2, 0) is 23.1 Å². The topological polar surface area (TPSA) is 67.2 Å². The Bertz CT molecular complexity index is 961. The maximum absolute atomic E-state index is 12.5. The average molecular weight is 350 g/mol. The van der Waals surface area contributed by atoms with Gasteiger partial charge in [-0.1, -0.05) is 18.2 Å². The molecule has 0 spiro atoms. The standard InChI is InChI=1S/C20H22N4O2/c1-14-8-9-21-18(10-14)22-19(25)13-24(3)20(26)11-15-12-23(2)17-7-5-4-6-16(15)17/h4-10,12H,11,13H2,1-3H3,(H,21,22,25). The van der Waals surface area contributed by atoms with E-state index in [1.807, 2.05) is 55.1 Å². The summed E-state index contributed by atoms with van der Waals surface area (Å²) in [4.78, 5) is 30.2. The minimum atomic E-state index is -0.267. The number of aromatic nitrogens is 2.